The first-order valence-electron chi connectivity index (χ1n) is 5.73. The Morgan fingerprint density at radius 3 is 1.96 bits per heavy atom. The lowest BCUT2D eigenvalue weighted by Gasteiger charge is -2.31. The topological polar surface area (TPSA) is 116 Å². The summed E-state index contributed by atoms with van der Waals surface area (Å²) in [7, 11) is -5.64. The molecule has 0 bridgehead atoms. The summed E-state index contributed by atoms with van der Waals surface area (Å²) in [5.41, 5.74) is 0. The first-order valence-corrected chi connectivity index (χ1v) is 7.17. The van der Waals surface area contributed by atoms with Gasteiger partial charge in [-0.1, -0.05) is 6.58 Å². The van der Waals surface area contributed by atoms with Crippen molar-refractivity contribution in [2.24, 2.45) is 0 Å². The van der Waals surface area contributed by atoms with E-state index >= 15 is 0 Å². The number of alkyl halides is 5. The first-order chi connectivity index (χ1) is 11.0. The van der Waals surface area contributed by atoms with Gasteiger partial charge in [0.05, 0.1) is 20.1 Å². The van der Waals surface area contributed by atoms with E-state index in [0.29, 0.717) is 7.11 Å². The maximum absolute atomic E-state index is 13.1. The number of ether oxygens (including phenoxy) is 3. The van der Waals surface area contributed by atoms with Crippen LogP contribution in [0.3, 0.4) is 0 Å². The van der Waals surface area contributed by atoms with Gasteiger partial charge in [0, 0.05) is 0 Å². The van der Waals surface area contributed by atoms with Gasteiger partial charge in [-0.3, -0.25) is 4.55 Å². The molecule has 25 heavy (non-hydrogen) atoms. The van der Waals surface area contributed by atoms with Crippen molar-refractivity contribution in [3.8, 4) is 0 Å². The molecule has 1 atom stereocenters. The van der Waals surface area contributed by atoms with Crippen LogP contribution in [0.1, 0.15) is 6.42 Å². The summed E-state index contributed by atoms with van der Waals surface area (Å²) >= 11 is 0. The molecule has 0 aliphatic rings. The molecule has 0 fully saturated rings. The van der Waals surface area contributed by atoms with Gasteiger partial charge in [-0.15, -0.1) is 0 Å². The minimum absolute atomic E-state index is 0.372. The number of rotatable bonds is 8. The third-order valence-electron chi connectivity index (χ3n) is 2.36. The molecule has 0 rings (SSSR count). The van der Waals surface area contributed by atoms with Crippen LogP contribution in [0, 0.1) is 0 Å². The molecule has 1 unspecified atom stereocenters. The second-order valence-corrected chi connectivity index (χ2v) is 5.66. The van der Waals surface area contributed by atoms with Gasteiger partial charge in [0.25, 0.3) is 0 Å². The normalized spacial score (nSPS) is 15.2. The van der Waals surface area contributed by atoms with E-state index in [1.165, 1.54) is 0 Å². The number of carbonyl (C=O) groups excluding carboxylic acids is 2. The average molecular weight is 404 g/mol. The molecule has 0 amide bonds. The molecular weight excluding hydrogens is 394 g/mol. The van der Waals surface area contributed by atoms with Crippen molar-refractivity contribution in [2.45, 2.75) is 23.6 Å². The molecule has 0 saturated heterocycles. The zero-order valence-electron chi connectivity index (χ0n) is 12.1. The van der Waals surface area contributed by atoms with Gasteiger partial charge >= 0.3 is 39.3 Å². The number of hydrogen-bond donors (Lipinski definition) is 1. The average Bonchev–Trinajstić information content (AvgIpc) is 2.42. The second kappa shape index (κ2) is 7.57. The molecule has 0 aliphatic carbocycles. The monoisotopic (exact) mass is 404 g/mol. The van der Waals surface area contributed by atoms with E-state index in [-0.39, 0.29) is 0 Å². The first kappa shape index (κ1) is 23.1. The summed E-state index contributed by atoms with van der Waals surface area (Å²) in [5.74, 6) is -11.7. The van der Waals surface area contributed by atoms with Crippen LogP contribution >= 0.6 is 0 Å². The minimum Gasteiger partial charge on any atom is -0.464 e. The Balaban J connectivity index is 5.71. The quantitative estimate of drug-likeness (QED) is 0.212. The van der Waals surface area contributed by atoms with Crippen molar-refractivity contribution in [3.05, 3.63) is 12.4 Å². The summed E-state index contributed by atoms with van der Waals surface area (Å²) in [6, 6.07) is 0. The number of methoxy groups -OCH3 is 1. The van der Waals surface area contributed by atoms with Gasteiger partial charge < -0.3 is 14.2 Å². The van der Waals surface area contributed by atoms with Gasteiger partial charge in [-0.25, -0.2) is 9.59 Å². The minimum atomic E-state index is -6.01. The fourth-order valence-corrected chi connectivity index (χ4v) is 1.49. The fraction of sp³-hybridized carbons (Fsp3) is 0.600. The molecule has 8 nitrogen and oxygen atoms in total. The summed E-state index contributed by atoms with van der Waals surface area (Å²) < 4.78 is 118. The number of hydrogen-bond acceptors (Lipinski definition) is 7. The lowest BCUT2D eigenvalue weighted by atomic mass is 10.2. The Bertz CT molecular complexity index is 642. The summed E-state index contributed by atoms with van der Waals surface area (Å²) in [6.07, 6.45) is -8.02. The van der Waals surface area contributed by atoms with Gasteiger partial charge in [0.15, 0.2) is 0 Å². The van der Waals surface area contributed by atoms with Crippen LogP contribution in [0.5, 0.6) is 0 Å². The van der Waals surface area contributed by atoms with Gasteiger partial charge in [0.1, 0.15) is 0 Å². The van der Waals surface area contributed by atoms with E-state index in [2.05, 4.69) is 20.8 Å². The molecule has 0 aliphatic heterocycles. The van der Waals surface area contributed by atoms with Crippen LogP contribution in [0.2, 0.25) is 0 Å². The van der Waals surface area contributed by atoms with E-state index in [1.807, 2.05) is 0 Å². The maximum atomic E-state index is 13.1. The summed E-state index contributed by atoms with van der Waals surface area (Å²) in [4.78, 5) is 22.3. The molecule has 0 aromatic rings. The van der Waals surface area contributed by atoms with Crippen molar-refractivity contribution in [1.29, 1.82) is 0 Å². The van der Waals surface area contributed by atoms with Crippen molar-refractivity contribution >= 4 is 22.1 Å². The maximum Gasteiger partial charge on any atom is 0.468 e. The Morgan fingerprint density at radius 2 is 1.64 bits per heavy atom. The van der Waals surface area contributed by atoms with Crippen molar-refractivity contribution in [2.75, 3.05) is 13.7 Å². The van der Waals surface area contributed by atoms with Crippen LogP contribution in [0.4, 0.5) is 26.3 Å². The molecule has 146 valence electrons. The van der Waals surface area contributed by atoms with E-state index in [1.54, 1.807) is 0 Å². The van der Waals surface area contributed by atoms with E-state index in [0.717, 1.165) is 0 Å². The molecule has 1 N–H and O–H groups in total. The molecule has 0 aromatic carbocycles. The van der Waals surface area contributed by atoms with Crippen LogP contribution < -0.4 is 0 Å². The van der Waals surface area contributed by atoms with Gasteiger partial charge in [-0.05, 0) is 0 Å². The zero-order chi connectivity index (χ0) is 20.3. The third-order valence-corrected chi connectivity index (χ3v) is 3.32. The number of carbonyl (C=O) groups is 2. The predicted octanol–water partition coefficient (Wildman–Crippen LogP) is 1.33. The highest BCUT2D eigenvalue weighted by Gasteiger charge is 2.68. The number of esters is 2. The standard InChI is InChI=1S/C10H10F6O8S/c1-5(11)6(17)24-9(7(18)22-2,10(14,15)16)23-4-3-8(12,13)25(19,20)21/h1,3-4H2,2H3,(H,19,20,21). The molecule has 0 radical (unpaired) electrons. The van der Waals surface area contributed by atoms with Gasteiger partial charge in [-0.2, -0.15) is 34.8 Å². The molecule has 15 heteroatoms. The van der Waals surface area contributed by atoms with Crippen LogP contribution in [-0.2, 0) is 33.9 Å². The molecule has 0 spiro atoms. The van der Waals surface area contributed by atoms with E-state index in [4.69, 9.17) is 4.55 Å². The third kappa shape index (κ3) is 5.30. The van der Waals surface area contributed by atoms with Crippen LogP contribution in [0.25, 0.3) is 0 Å². The Hall–Kier alpha value is -1.87. The van der Waals surface area contributed by atoms with Crippen molar-refractivity contribution in [1.82, 2.24) is 0 Å². The fourth-order valence-electron chi connectivity index (χ4n) is 1.15. The Kier molecular flexibility index (Phi) is 7.00. The van der Waals surface area contributed by atoms with Crippen molar-refractivity contribution < 1.29 is 63.1 Å². The predicted molar refractivity (Wildman–Crippen MR) is 64.2 cm³/mol. The molecular formula is C10H10F6O8S. The lowest BCUT2D eigenvalue weighted by molar-refractivity contribution is -0.355. The summed E-state index contributed by atoms with van der Waals surface area (Å²) in [6.45, 7) is 0.428. The van der Waals surface area contributed by atoms with Crippen molar-refractivity contribution in [3.63, 3.8) is 0 Å². The Labute approximate surface area is 136 Å². The molecule has 0 aromatic heterocycles. The highest BCUT2D eigenvalue weighted by Crippen LogP contribution is 2.38. The Morgan fingerprint density at radius 1 is 1.16 bits per heavy atom. The number of halogens is 6. The second-order valence-electron chi connectivity index (χ2n) is 4.11. The van der Waals surface area contributed by atoms with Crippen LogP contribution in [0.15, 0.2) is 12.4 Å². The highest BCUT2D eigenvalue weighted by atomic mass is 32.2. The lowest BCUT2D eigenvalue weighted by Crippen LogP contribution is -2.58. The smallest absolute Gasteiger partial charge is 0.464 e. The molecule has 0 heterocycles. The SMILES string of the molecule is C=C(F)C(=O)OC(OCCC(F)(F)S(=O)(=O)O)(C(=O)OC)C(F)(F)F. The zero-order valence-corrected chi connectivity index (χ0v) is 12.9. The van der Waals surface area contributed by atoms with Crippen LogP contribution in [-0.4, -0.2) is 55.8 Å². The van der Waals surface area contributed by atoms with E-state index in [9.17, 15) is 44.3 Å². The highest BCUT2D eigenvalue weighted by molar-refractivity contribution is 7.86. The van der Waals surface area contributed by atoms with Gasteiger partial charge in [0.2, 0.25) is 5.83 Å². The summed E-state index contributed by atoms with van der Waals surface area (Å²) in [5, 5.41) is -4.95. The molecule has 0 saturated carbocycles. The largest absolute Gasteiger partial charge is 0.468 e. The van der Waals surface area contributed by atoms with E-state index < -0.39 is 58.1 Å².